The third kappa shape index (κ3) is 4.21. The van der Waals surface area contributed by atoms with Crippen molar-refractivity contribution in [3.63, 3.8) is 0 Å². The van der Waals surface area contributed by atoms with Gasteiger partial charge >= 0.3 is 0 Å². The fourth-order valence-corrected chi connectivity index (χ4v) is 2.06. The number of ether oxygens (including phenoxy) is 1. The zero-order valence-electron chi connectivity index (χ0n) is 10.0. The molecule has 1 atom stereocenters. The Kier molecular flexibility index (Phi) is 5.78. The quantitative estimate of drug-likeness (QED) is 0.804. The summed E-state index contributed by atoms with van der Waals surface area (Å²) in [5, 5.41) is 0. The van der Waals surface area contributed by atoms with Crippen molar-refractivity contribution in [2.75, 3.05) is 7.11 Å². The van der Waals surface area contributed by atoms with Crippen LogP contribution in [-0.4, -0.2) is 19.0 Å². The van der Waals surface area contributed by atoms with Gasteiger partial charge in [0.15, 0.2) is 5.78 Å². The van der Waals surface area contributed by atoms with E-state index in [-0.39, 0.29) is 18.0 Å². The van der Waals surface area contributed by atoms with Crippen LogP contribution in [0.5, 0.6) is 0 Å². The normalized spacial score (nSPS) is 12.5. The summed E-state index contributed by atoms with van der Waals surface area (Å²) in [6, 6.07) is 4.60. The van der Waals surface area contributed by atoms with E-state index in [1.807, 2.05) is 6.92 Å². The Morgan fingerprint density at radius 3 is 2.82 bits per heavy atom. The van der Waals surface area contributed by atoms with Crippen LogP contribution < -0.4 is 0 Å². The molecule has 0 heterocycles. The largest absolute Gasteiger partial charge is 0.374 e. The van der Waals surface area contributed by atoms with E-state index in [1.54, 1.807) is 12.1 Å². The first-order chi connectivity index (χ1) is 8.08. The number of carbonyl (C=O) groups is 1. The molecule has 0 saturated heterocycles. The van der Waals surface area contributed by atoms with Crippen LogP contribution >= 0.6 is 15.9 Å². The minimum atomic E-state index is -0.432. The molecule has 0 aromatic heterocycles. The van der Waals surface area contributed by atoms with Gasteiger partial charge in [-0.1, -0.05) is 29.3 Å². The van der Waals surface area contributed by atoms with Gasteiger partial charge in [-0.2, -0.15) is 0 Å². The van der Waals surface area contributed by atoms with Gasteiger partial charge in [0, 0.05) is 18.0 Å². The Hall–Kier alpha value is -0.740. The van der Waals surface area contributed by atoms with Gasteiger partial charge in [0.1, 0.15) is 11.9 Å². The third-order valence-electron chi connectivity index (χ3n) is 2.57. The fourth-order valence-electron chi connectivity index (χ4n) is 1.65. The molecule has 1 rings (SSSR count). The van der Waals surface area contributed by atoms with Crippen molar-refractivity contribution in [3.8, 4) is 0 Å². The Bertz CT molecular complexity index is 393. The van der Waals surface area contributed by atoms with E-state index in [2.05, 4.69) is 15.9 Å². The lowest BCUT2D eigenvalue weighted by Crippen LogP contribution is -2.24. The molecule has 1 aromatic carbocycles. The smallest absolute Gasteiger partial charge is 0.165 e. The van der Waals surface area contributed by atoms with Crippen LogP contribution in [0.3, 0.4) is 0 Å². The van der Waals surface area contributed by atoms with Crippen LogP contribution in [0, 0.1) is 5.82 Å². The van der Waals surface area contributed by atoms with Crippen LogP contribution in [0.1, 0.15) is 25.3 Å². The first kappa shape index (κ1) is 14.3. The number of carbonyl (C=O) groups excluding carboxylic acids is 1. The maximum absolute atomic E-state index is 13.5. The number of benzene rings is 1. The monoisotopic (exact) mass is 302 g/mol. The van der Waals surface area contributed by atoms with Crippen molar-refractivity contribution in [2.45, 2.75) is 32.3 Å². The second-order valence-electron chi connectivity index (χ2n) is 3.89. The van der Waals surface area contributed by atoms with E-state index in [0.29, 0.717) is 12.0 Å². The molecular weight excluding hydrogens is 287 g/mol. The zero-order valence-corrected chi connectivity index (χ0v) is 11.6. The van der Waals surface area contributed by atoms with Crippen molar-refractivity contribution in [1.82, 2.24) is 0 Å². The second-order valence-corrected chi connectivity index (χ2v) is 4.81. The molecule has 0 fully saturated rings. The molecule has 0 radical (unpaired) electrons. The highest BCUT2D eigenvalue weighted by Crippen LogP contribution is 2.17. The van der Waals surface area contributed by atoms with E-state index in [4.69, 9.17) is 4.74 Å². The summed E-state index contributed by atoms with van der Waals surface area (Å²) in [4.78, 5) is 11.9. The summed E-state index contributed by atoms with van der Waals surface area (Å²) in [5.41, 5.74) is 0.405. The number of ketones is 1. The van der Waals surface area contributed by atoms with Crippen molar-refractivity contribution in [1.29, 1.82) is 0 Å². The van der Waals surface area contributed by atoms with Gasteiger partial charge in [0.2, 0.25) is 0 Å². The summed E-state index contributed by atoms with van der Waals surface area (Å²) >= 11 is 3.26. The number of rotatable bonds is 6. The van der Waals surface area contributed by atoms with Crippen LogP contribution in [0.25, 0.3) is 0 Å². The number of halogens is 2. The summed E-state index contributed by atoms with van der Waals surface area (Å²) in [7, 11) is 1.51. The van der Waals surface area contributed by atoms with Gasteiger partial charge in [-0.15, -0.1) is 0 Å². The maximum atomic E-state index is 13.5. The van der Waals surface area contributed by atoms with Gasteiger partial charge in [-0.3, -0.25) is 4.79 Å². The van der Waals surface area contributed by atoms with Crippen molar-refractivity contribution in [3.05, 3.63) is 34.1 Å². The topological polar surface area (TPSA) is 26.3 Å². The van der Waals surface area contributed by atoms with Crippen molar-refractivity contribution in [2.24, 2.45) is 0 Å². The minimum Gasteiger partial charge on any atom is -0.374 e. The molecule has 0 N–H and O–H groups in total. The standard InChI is InChI=1S/C13H16BrFO2/c1-3-4-13(17-2)12(16)8-9-7-10(14)5-6-11(9)15/h5-7,13H,3-4,8H2,1-2H3. The molecule has 17 heavy (non-hydrogen) atoms. The lowest BCUT2D eigenvalue weighted by atomic mass is 10.0. The summed E-state index contributed by atoms with van der Waals surface area (Å²) < 4.78 is 19.3. The third-order valence-corrected chi connectivity index (χ3v) is 3.06. The van der Waals surface area contributed by atoms with E-state index in [9.17, 15) is 9.18 Å². The van der Waals surface area contributed by atoms with Crippen molar-refractivity contribution >= 4 is 21.7 Å². The lowest BCUT2D eigenvalue weighted by Gasteiger charge is -2.13. The van der Waals surface area contributed by atoms with Gasteiger partial charge in [-0.05, 0) is 30.2 Å². The summed E-state index contributed by atoms with van der Waals surface area (Å²) in [6.07, 6.45) is 1.18. The van der Waals surface area contributed by atoms with E-state index in [0.717, 1.165) is 10.9 Å². The SMILES string of the molecule is CCCC(OC)C(=O)Cc1cc(Br)ccc1F. The molecule has 2 nitrogen and oxygen atoms in total. The zero-order chi connectivity index (χ0) is 12.8. The molecule has 0 bridgehead atoms. The first-order valence-electron chi connectivity index (χ1n) is 5.58. The van der Waals surface area contributed by atoms with Gasteiger partial charge < -0.3 is 4.74 Å². The fraction of sp³-hybridized carbons (Fsp3) is 0.462. The highest BCUT2D eigenvalue weighted by atomic mass is 79.9. The molecule has 0 aliphatic carbocycles. The average Bonchev–Trinajstić information content (AvgIpc) is 2.30. The molecule has 1 aromatic rings. The van der Waals surface area contributed by atoms with Crippen LogP contribution in [0.2, 0.25) is 0 Å². The summed E-state index contributed by atoms with van der Waals surface area (Å²) in [5.74, 6) is -0.431. The highest BCUT2D eigenvalue weighted by molar-refractivity contribution is 9.10. The van der Waals surface area contributed by atoms with Crippen LogP contribution in [0.15, 0.2) is 22.7 Å². The van der Waals surface area contributed by atoms with Gasteiger partial charge in [-0.25, -0.2) is 4.39 Å². The highest BCUT2D eigenvalue weighted by Gasteiger charge is 2.18. The molecular formula is C13H16BrFO2. The molecule has 0 amide bonds. The Balaban J connectivity index is 2.76. The molecule has 1 unspecified atom stereocenters. The Morgan fingerprint density at radius 2 is 2.24 bits per heavy atom. The number of Topliss-reactive ketones (excluding diaryl/α,β-unsaturated/α-hetero) is 1. The molecule has 94 valence electrons. The Labute approximate surface area is 109 Å². The van der Waals surface area contributed by atoms with Crippen LogP contribution in [0.4, 0.5) is 4.39 Å². The average molecular weight is 303 g/mol. The predicted octanol–water partition coefficient (Wildman–Crippen LogP) is 3.51. The summed E-state index contributed by atoms with van der Waals surface area (Å²) in [6.45, 7) is 1.99. The maximum Gasteiger partial charge on any atom is 0.165 e. The van der Waals surface area contributed by atoms with Crippen LogP contribution in [-0.2, 0) is 16.0 Å². The number of methoxy groups -OCH3 is 1. The van der Waals surface area contributed by atoms with Gasteiger partial charge in [0.05, 0.1) is 0 Å². The van der Waals surface area contributed by atoms with E-state index >= 15 is 0 Å². The van der Waals surface area contributed by atoms with Gasteiger partial charge in [0.25, 0.3) is 0 Å². The molecule has 4 heteroatoms. The number of hydrogen-bond acceptors (Lipinski definition) is 2. The van der Waals surface area contributed by atoms with E-state index in [1.165, 1.54) is 13.2 Å². The molecule has 0 aliphatic rings. The van der Waals surface area contributed by atoms with Crippen molar-refractivity contribution < 1.29 is 13.9 Å². The predicted molar refractivity (Wildman–Crippen MR) is 68.5 cm³/mol. The molecule has 0 aliphatic heterocycles. The Morgan fingerprint density at radius 1 is 1.53 bits per heavy atom. The second kappa shape index (κ2) is 6.87. The molecule has 0 saturated carbocycles. The molecule has 0 spiro atoms. The lowest BCUT2D eigenvalue weighted by molar-refractivity contribution is -0.128. The minimum absolute atomic E-state index is 0.0732. The first-order valence-corrected chi connectivity index (χ1v) is 6.37. The van der Waals surface area contributed by atoms with E-state index < -0.39 is 6.10 Å². The number of hydrogen-bond donors (Lipinski definition) is 0.